The number of benzene rings is 1. The van der Waals surface area contributed by atoms with Gasteiger partial charge in [0.05, 0.1) is 12.2 Å². The predicted molar refractivity (Wildman–Crippen MR) is 143 cm³/mol. The number of rotatable bonds is 20. The number of nitrogens with one attached hydrogen (secondary N) is 1. The van der Waals surface area contributed by atoms with Crippen LogP contribution in [0.4, 0.5) is 0 Å². The average Bonchev–Trinajstić information content (AvgIpc) is 3.18. The van der Waals surface area contributed by atoms with Gasteiger partial charge >= 0.3 is 0 Å². The van der Waals surface area contributed by atoms with Gasteiger partial charge in [0.1, 0.15) is 12.0 Å². The molecular formula is C30H47NO4. The first-order valence-corrected chi connectivity index (χ1v) is 14.1. The van der Waals surface area contributed by atoms with Gasteiger partial charge in [0, 0.05) is 12.1 Å². The molecule has 196 valence electrons. The number of carbonyl (C=O) groups excluding carboxylic acids is 2. The van der Waals surface area contributed by atoms with Crippen LogP contribution in [0.25, 0.3) is 0 Å². The maximum Gasteiger partial charge on any atom is 0.251 e. The van der Waals surface area contributed by atoms with E-state index in [9.17, 15) is 9.59 Å². The number of allylic oxidation sites excluding steroid dienone is 1. The van der Waals surface area contributed by atoms with E-state index in [0.717, 1.165) is 25.7 Å². The summed E-state index contributed by atoms with van der Waals surface area (Å²) in [5.74, 6) is 0.265. The predicted octanol–water partition coefficient (Wildman–Crippen LogP) is 8.13. The Balaban J connectivity index is 1.52. The molecule has 0 saturated heterocycles. The highest BCUT2D eigenvalue weighted by atomic mass is 16.5. The van der Waals surface area contributed by atoms with Crippen molar-refractivity contribution in [3.8, 4) is 5.75 Å². The fourth-order valence-electron chi connectivity index (χ4n) is 4.30. The van der Waals surface area contributed by atoms with Gasteiger partial charge in [-0.1, -0.05) is 104 Å². The van der Waals surface area contributed by atoms with E-state index >= 15 is 0 Å². The molecule has 0 unspecified atom stereocenters. The van der Waals surface area contributed by atoms with Gasteiger partial charge in [-0.15, -0.1) is 0 Å². The summed E-state index contributed by atoms with van der Waals surface area (Å²) in [7, 11) is 0. The zero-order chi connectivity index (χ0) is 25.1. The molecule has 0 aromatic heterocycles. The van der Waals surface area contributed by atoms with E-state index in [1.54, 1.807) is 18.2 Å². The highest BCUT2D eigenvalue weighted by Crippen LogP contribution is 2.31. The van der Waals surface area contributed by atoms with Crippen LogP contribution in [0.3, 0.4) is 0 Å². The van der Waals surface area contributed by atoms with Crippen molar-refractivity contribution >= 4 is 11.7 Å². The second kappa shape index (κ2) is 18.0. The second-order valence-electron chi connectivity index (χ2n) is 9.70. The van der Waals surface area contributed by atoms with E-state index < -0.39 is 0 Å². The Morgan fingerprint density at radius 1 is 0.829 bits per heavy atom. The number of hydrogen-bond donors (Lipinski definition) is 1. The zero-order valence-corrected chi connectivity index (χ0v) is 22.2. The minimum absolute atomic E-state index is 0.129. The van der Waals surface area contributed by atoms with Crippen LogP contribution in [-0.4, -0.2) is 24.8 Å². The number of fused-ring (bicyclic) bond motifs is 1. The Labute approximate surface area is 213 Å². The van der Waals surface area contributed by atoms with Crippen LogP contribution in [0.5, 0.6) is 5.75 Å². The maximum atomic E-state index is 12.5. The summed E-state index contributed by atoms with van der Waals surface area (Å²) in [6.07, 6.45) is 21.8. The largest absolute Gasteiger partial charge is 0.497 e. The molecule has 5 heteroatoms. The monoisotopic (exact) mass is 485 g/mol. The summed E-state index contributed by atoms with van der Waals surface area (Å²) in [5, 5.41) is 2.99. The van der Waals surface area contributed by atoms with Gasteiger partial charge in [0.2, 0.25) is 11.5 Å². The molecule has 0 spiro atoms. The first kappa shape index (κ1) is 28.9. The minimum Gasteiger partial charge on any atom is -0.497 e. The Bertz CT molecular complexity index is 787. The third kappa shape index (κ3) is 11.3. The lowest BCUT2D eigenvalue weighted by Gasteiger charge is -2.07. The van der Waals surface area contributed by atoms with Crippen LogP contribution >= 0.6 is 0 Å². The number of carbonyl (C=O) groups is 2. The van der Waals surface area contributed by atoms with Gasteiger partial charge in [0.25, 0.3) is 5.91 Å². The summed E-state index contributed by atoms with van der Waals surface area (Å²) >= 11 is 0. The average molecular weight is 486 g/mol. The van der Waals surface area contributed by atoms with E-state index in [2.05, 4.69) is 19.2 Å². The summed E-state index contributed by atoms with van der Waals surface area (Å²) in [4.78, 5) is 24.9. The number of unbranched alkanes of at least 4 members (excludes halogenated alkanes) is 14. The molecule has 1 aliphatic rings. The maximum absolute atomic E-state index is 12.5. The van der Waals surface area contributed by atoms with Gasteiger partial charge in [-0.2, -0.15) is 0 Å². The number of amides is 1. The third-order valence-electron chi connectivity index (χ3n) is 6.55. The standard InChI is InChI=1S/C30H47NO4/c1-3-5-7-8-9-10-11-12-13-14-15-16-17-18-21-31-30(33)25-19-20-26-27(23-25)35-28(29(26)32)24-34-22-6-4-2/h19-20,23-24H,3-18,21-22H2,1-2H3,(H,31,33). The number of hydrogen-bond acceptors (Lipinski definition) is 4. The van der Waals surface area contributed by atoms with Crippen molar-refractivity contribution in [3.63, 3.8) is 0 Å². The lowest BCUT2D eigenvalue weighted by molar-refractivity contribution is 0.0951. The highest BCUT2D eigenvalue weighted by molar-refractivity contribution is 6.12. The fourth-order valence-corrected chi connectivity index (χ4v) is 4.30. The minimum atomic E-state index is -0.203. The smallest absolute Gasteiger partial charge is 0.251 e. The summed E-state index contributed by atoms with van der Waals surface area (Å²) in [6.45, 7) is 5.57. The molecule has 1 N–H and O–H groups in total. The van der Waals surface area contributed by atoms with Crippen molar-refractivity contribution in [2.75, 3.05) is 13.2 Å². The molecule has 0 fully saturated rings. The van der Waals surface area contributed by atoms with E-state index in [0.29, 0.717) is 30.0 Å². The van der Waals surface area contributed by atoms with Crippen molar-refractivity contribution in [2.24, 2.45) is 0 Å². The molecule has 0 saturated carbocycles. The second-order valence-corrected chi connectivity index (χ2v) is 9.70. The molecule has 0 atom stereocenters. The first-order chi connectivity index (χ1) is 17.2. The van der Waals surface area contributed by atoms with Crippen LogP contribution in [0.2, 0.25) is 0 Å². The Kier molecular flexibility index (Phi) is 14.9. The fraction of sp³-hybridized carbons (Fsp3) is 0.667. The van der Waals surface area contributed by atoms with E-state index in [1.807, 2.05) is 0 Å². The van der Waals surface area contributed by atoms with E-state index in [4.69, 9.17) is 9.47 Å². The number of Topliss-reactive ketones (excluding diaryl/α,β-unsaturated/α-hetero) is 1. The lowest BCUT2D eigenvalue weighted by atomic mass is 10.0. The molecule has 1 aromatic carbocycles. The molecule has 0 aliphatic carbocycles. The Morgan fingerprint density at radius 3 is 2.00 bits per heavy atom. The molecule has 1 aliphatic heterocycles. The van der Waals surface area contributed by atoms with Gasteiger partial charge < -0.3 is 14.8 Å². The van der Waals surface area contributed by atoms with Gasteiger partial charge in [-0.3, -0.25) is 9.59 Å². The molecule has 1 heterocycles. The molecule has 0 radical (unpaired) electrons. The van der Waals surface area contributed by atoms with E-state index in [-0.39, 0.29) is 17.4 Å². The van der Waals surface area contributed by atoms with Crippen molar-refractivity contribution in [2.45, 2.75) is 117 Å². The summed E-state index contributed by atoms with van der Waals surface area (Å²) < 4.78 is 11.0. The molecule has 35 heavy (non-hydrogen) atoms. The summed E-state index contributed by atoms with van der Waals surface area (Å²) in [6, 6.07) is 4.98. The number of ketones is 1. The van der Waals surface area contributed by atoms with Crippen LogP contribution in [0.1, 0.15) is 137 Å². The van der Waals surface area contributed by atoms with Gasteiger partial charge in [-0.05, 0) is 31.0 Å². The van der Waals surface area contributed by atoms with Crippen molar-refractivity contribution in [1.82, 2.24) is 5.32 Å². The molecule has 0 bridgehead atoms. The molecule has 1 aromatic rings. The van der Waals surface area contributed by atoms with Crippen molar-refractivity contribution in [1.29, 1.82) is 0 Å². The van der Waals surface area contributed by atoms with Crippen LogP contribution in [0, 0.1) is 0 Å². The quantitative estimate of drug-likeness (QED) is 0.115. The zero-order valence-electron chi connectivity index (χ0n) is 22.2. The van der Waals surface area contributed by atoms with Crippen LogP contribution in [0.15, 0.2) is 30.2 Å². The molecule has 1 amide bonds. The van der Waals surface area contributed by atoms with Crippen LogP contribution < -0.4 is 10.1 Å². The van der Waals surface area contributed by atoms with Gasteiger partial charge in [-0.25, -0.2) is 0 Å². The SMILES string of the molecule is CCCCCCCCCCCCCCCCNC(=O)c1ccc2c(c1)OC(=COCCCC)C2=O. The first-order valence-electron chi connectivity index (χ1n) is 14.1. The molecule has 5 nitrogen and oxygen atoms in total. The normalized spacial score (nSPS) is 13.7. The van der Waals surface area contributed by atoms with Crippen molar-refractivity contribution < 1.29 is 19.1 Å². The van der Waals surface area contributed by atoms with Crippen LogP contribution in [-0.2, 0) is 4.74 Å². The number of ether oxygens (including phenoxy) is 2. The Hall–Kier alpha value is -2.30. The Morgan fingerprint density at radius 2 is 1.40 bits per heavy atom. The molecular weight excluding hydrogens is 438 g/mol. The van der Waals surface area contributed by atoms with Gasteiger partial charge in [0.15, 0.2) is 0 Å². The summed E-state index contributed by atoms with van der Waals surface area (Å²) in [5.41, 5.74) is 0.980. The highest BCUT2D eigenvalue weighted by Gasteiger charge is 2.28. The topological polar surface area (TPSA) is 64.6 Å². The van der Waals surface area contributed by atoms with E-state index in [1.165, 1.54) is 83.3 Å². The molecule has 2 rings (SSSR count). The third-order valence-corrected chi connectivity index (χ3v) is 6.55. The lowest BCUT2D eigenvalue weighted by Crippen LogP contribution is -2.24. The van der Waals surface area contributed by atoms with Crippen molar-refractivity contribution in [3.05, 3.63) is 41.3 Å².